The van der Waals surface area contributed by atoms with Gasteiger partial charge in [0.15, 0.2) is 0 Å². The van der Waals surface area contributed by atoms with Gasteiger partial charge in [-0.15, -0.1) is 0 Å². The fourth-order valence-electron chi connectivity index (χ4n) is 2.57. The molecule has 5 heteroatoms. The van der Waals surface area contributed by atoms with Crippen LogP contribution in [0.2, 0.25) is 0 Å². The van der Waals surface area contributed by atoms with Crippen LogP contribution in [0.4, 0.5) is 4.79 Å². The van der Waals surface area contributed by atoms with Crippen molar-refractivity contribution in [1.82, 2.24) is 14.7 Å². The fourth-order valence-corrected chi connectivity index (χ4v) is 2.57. The van der Waals surface area contributed by atoms with Gasteiger partial charge < -0.3 is 9.64 Å². The molecule has 2 heterocycles. The molecule has 0 N–H and O–H groups in total. The minimum Gasteiger partial charge on any atom is -0.444 e. The van der Waals surface area contributed by atoms with E-state index in [1.54, 1.807) is 4.90 Å². The number of fused-ring (bicyclic) bond motifs is 1. The Labute approximate surface area is 120 Å². The maximum Gasteiger partial charge on any atom is 0.410 e. The Morgan fingerprint density at radius 2 is 2.00 bits per heavy atom. The molecule has 0 atom stereocenters. The molecular formula is C15H25N3O2. The van der Waals surface area contributed by atoms with E-state index in [0.717, 1.165) is 12.1 Å². The average molecular weight is 279 g/mol. The summed E-state index contributed by atoms with van der Waals surface area (Å²) in [7, 11) is 1.98. The van der Waals surface area contributed by atoms with Gasteiger partial charge in [0.25, 0.3) is 0 Å². The molecule has 1 aliphatic heterocycles. The monoisotopic (exact) mass is 279 g/mol. The van der Waals surface area contributed by atoms with E-state index in [4.69, 9.17) is 4.74 Å². The largest absolute Gasteiger partial charge is 0.444 e. The summed E-state index contributed by atoms with van der Waals surface area (Å²) in [4.78, 5) is 14.0. The molecule has 0 bridgehead atoms. The van der Waals surface area contributed by atoms with E-state index < -0.39 is 5.60 Å². The Morgan fingerprint density at radius 1 is 1.35 bits per heavy atom. The molecule has 1 aromatic rings. The van der Waals surface area contributed by atoms with Crippen LogP contribution in [0.1, 0.15) is 57.5 Å². The molecule has 2 rings (SSSR count). The predicted molar refractivity (Wildman–Crippen MR) is 77.6 cm³/mol. The lowest BCUT2D eigenvalue weighted by Gasteiger charge is -2.30. The van der Waals surface area contributed by atoms with Crippen LogP contribution in [0.15, 0.2) is 0 Å². The second kappa shape index (κ2) is 5.11. The third-order valence-electron chi connectivity index (χ3n) is 3.47. The topological polar surface area (TPSA) is 47.4 Å². The third-order valence-corrected chi connectivity index (χ3v) is 3.47. The van der Waals surface area contributed by atoms with Crippen LogP contribution in [0.5, 0.6) is 0 Å². The van der Waals surface area contributed by atoms with Crippen molar-refractivity contribution in [2.45, 2.75) is 59.1 Å². The van der Waals surface area contributed by atoms with E-state index >= 15 is 0 Å². The predicted octanol–water partition coefficient (Wildman–Crippen LogP) is 2.84. The molecular weight excluding hydrogens is 254 g/mol. The quantitative estimate of drug-likeness (QED) is 0.794. The molecule has 0 unspecified atom stereocenters. The highest BCUT2D eigenvalue weighted by Crippen LogP contribution is 2.27. The number of ether oxygens (including phenoxy) is 1. The smallest absolute Gasteiger partial charge is 0.410 e. The van der Waals surface area contributed by atoms with E-state index in [0.29, 0.717) is 19.0 Å². The number of carbonyl (C=O) groups excluding carboxylic acids is 1. The minimum absolute atomic E-state index is 0.235. The van der Waals surface area contributed by atoms with Crippen LogP contribution < -0.4 is 0 Å². The van der Waals surface area contributed by atoms with Crippen molar-refractivity contribution >= 4 is 6.09 Å². The summed E-state index contributed by atoms with van der Waals surface area (Å²) >= 11 is 0. The first-order valence-corrected chi connectivity index (χ1v) is 7.21. The summed E-state index contributed by atoms with van der Waals surface area (Å²) in [6.45, 7) is 11.2. The summed E-state index contributed by atoms with van der Waals surface area (Å²) in [5.74, 6) is 0.364. The van der Waals surface area contributed by atoms with Gasteiger partial charge in [-0.1, -0.05) is 13.8 Å². The zero-order chi connectivity index (χ0) is 15.1. The second-order valence-electron chi connectivity index (χ2n) is 6.74. The van der Waals surface area contributed by atoms with E-state index in [1.165, 1.54) is 11.3 Å². The van der Waals surface area contributed by atoms with E-state index in [9.17, 15) is 4.79 Å². The summed E-state index contributed by atoms with van der Waals surface area (Å²) in [6, 6.07) is 0. The Kier molecular flexibility index (Phi) is 3.80. The number of hydrogen-bond acceptors (Lipinski definition) is 3. The van der Waals surface area contributed by atoms with Gasteiger partial charge >= 0.3 is 6.09 Å². The summed E-state index contributed by atoms with van der Waals surface area (Å²) in [5.41, 5.74) is 3.08. The first-order valence-electron chi connectivity index (χ1n) is 7.21. The van der Waals surface area contributed by atoms with Gasteiger partial charge in [0.2, 0.25) is 0 Å². The average Bonchev–Trinajstić information content (AvgIpc) is 2.64. The molecule has 0 saturated heterocycles. The minimum atomic E-state index is -0.451. The zero-order valence-corrected chi connectivity index (χ0v) is 13.4. The number of aromatic nitrogens is 2. The number of amides is 1. The summed E-state index contributed by atoms with van der Waals surface area (Å²) in [6.07, 6.45) is 0.604. The van der Waals surface area contributed by atoms with Crippen molar-refractivity contribution in [3.8, 4) is 0 Å². The Balaban J connectivity index is 2.20. The third kappa shape index (κ3) is 2.97. The van der Waals surface area contributed by atoms with Crippen LogP contribution in [-0.4, -0.2) is 32.9 Å². The van der Waals surface area contributed by atoms with Gasteiger partial charge in [-0.05, 0) is 26.7 Å². The lowest BCUT2D eigenvalue weighted by molar-refractivity contribution is 0.0222. The molecule has 0 radical (unpaired) electrons. The molecule has 0 spiro atoms. The van der Waals surface area contributed by atoms with Gasteiger partial charge in [-0.25, -0.2) is 4.79 Å². The number of nitrogens with zero attached hydrogens (tertiary/aromatic N) is 3. The second-order valence-corrected chi connectivity index (χ2v) is 6.74. The molecule has 112 valence electrons. The SMILES string of the molecule is CC(C)c1nn(C)c2c1CN(C(=O)OC(C)(C)C)CC2. The fraction of sp³-hybridized carbons (Fsp3) is 0.733. The molecule has 0 saturated carbocycles. The van der Waals surface area contributed by atoms with Crippen molar-refractivity contribution in [3.05, 3.63) is 17.0 Å². The Morgan fingerprint density at radius 3 is 2.55 bits per heavy atom. The highest BCUT2D eigenvalue weighted by molar-refractivity contribution is 5.68. The van der Waals surface area contributed by atoms with E-state index in [-0.39, 0.29) is 6.09 Å². The molecule has 0 fully saturated rings. The lowest BCUT2D eigenvalue weighted by Crippen LogP contribution is -2.40. The van der Waals surface area contributed by atoms with Gasteiger partial charge in [-0.3, -0.25) is 4.68 Å². The summed E-state index contributed by atoms with van der Waals surface area (Å²) < 4.78 is 7.41. The van der Waals surface area contributed by atoms with Crippen molar-refractivity contribution in [1.29, 1.82) is 0 Å². The highest BCUT2D eigenvalue weighted by atomic mass is 16.6. The van der Waals surface area contributed by atoms with Crippen molar-refractivity contribution in [2.75, 3.05) is 6.54 Å². The number of carbonyl (C=O) groups is 1. The molecule has 0 aromatic carbocycles. The lowest BCUT2D eigenvalue weighted by atomic mass is 9.99. The highest BCUT2D eigenvalue weighted by Gasteiger charge is 2.30. The molecule has 20 heavy (non-hydrogen) atoms. The van der Waals surface area contributed by atoms with E-state index in [2.05, 4.69) is 18.9 Å². The first kappa shape index (κ1) is 14.9. The van der Waals surface area contributed by atoms with Gasteiger partial charge in [0, 0.05) is 31.3 Å². The molecule has 1 aliphatic rings. The molecule has 0 aliphatic carbocycles. The van der Waals surface area contributed by atoms with Crippen molar-refractivity contribution < 1.29 is 9.53 Å². The Hall–Kier alpha value is -1.52. The van der Waals surface area contributed by atoms with Gasteiger partial charge in [0.05, 0.1) is 12.2 Å². The standard InChI is InChI=1S/C15H25N3O2/c1-10(2)13-11-9-18(14(19)20-15(3,4)5)8-7-12(11)17(6)16-13/h10H,7-9H2,1-6H3. The normalized spacial score (nSPS) is 15.4. The van der Waals surface area contributed by atoms with Crippen LogP contribution in [0.3, 0.4) is 0 Å². The van der Waals surface area contributed by atoms with Gasteiger partial charge in [0.1, 0.15) is 5.60 Å². The molecule has 1 amide bonds. The van der Waals surface area contributed by atoms with Crippen LogP contribution in [-0.2, 0) is 24.8 Å². The Bertz CT molecular complexity index is 512. The molecule has 1 aromatic heterocycles. The maximum atomic E-state index is 12.2. The van der Waals surface area contributed by atoms with Crippen LogP contribution in [0.25, 0.3) is 0 Å². The number of hydrogen-bond donors (Lipinski definition) is 0. The first-order chi connectivity index (χ1) is 9.19. The van der Waals surface area contributed by atoms with Gasteiger partial charge in [-0.2, -0.15) is 5.10 Å². The van der Waals surface area contributed by atoms with Crippen LogP contribution in [0, 0.1) is 0 Å². The van der Waals surface area contributed by atoms with Crippen LogP contribution >= 0.6 is 0 Å². The van der Waals surface area contributed by atoms with Crippen molar-refractivity contribution in [2.24, 2.45) is 7.05 Å². The number of aryl methyl sites for hydroxylation is 1. The zero-order valence-electron chi connectivity index (χ0n) is 13.4. The van der Waals surface area contributed by atoms with E-state index in [1.807, 2.05) is 32.5 Å². The molecule has 5 nitrogen and oxygen atoms in total. The van der Waals surface area contributed by atoms with Crippen molar-refractivity contribution in [3.63, 3.8) is 0 Å². The number of rotatable bonds is 1. The maximum absolute atomic E-state index is 12.2. The summed E-state index contributed by atoms with van der Waals surface area (Å²) in [5, 5.41) is 4.60.